The number of carbonyl (C=O) groups excluding carboxylic acids is 1. The number of rotatable bonds is 5. The van der Waals surface area contributed by atoms with Crippen molar-refractivity contribution < 1.29 is 9.00 Å². The SMILES string of the molecule is CC(C)c1ccc(S(=O)CC(=O)c2cc(Cl)sc2Cl)cc1. The Bertz CT molecular complexity index is 675. The van der Waals surface area contributed by atoms with Crippen molar-refractivity contribution in [3.8, 4) is 0 Å². The van der Waals surface area contributed by atoms with E-state index < -0.39 is 10.8 Å². The summed E-state index contributed by atoms with van der Waals surface area (Å²) < 4.78 is 13.0. The summed E-state index contributed by atoms with van der Waals surface area (Å²) in [5.74, 6) is 0.0728. The fraction of sp³-hybridized carbons (Fsp3) is 0.267. The Labute approximate surface area is 140 Å². The molecule has 1 unspecified atom stereocenters. The van der Waals surface area contributed by atoms with Crippen molar-refractivity contribution in [2.75, 3.05) is 5.75 Å². The maximum Gasteiger partial charge on any atom is 0.178 e. The van der Waals surface area contributed by atoms with Crippen LogP contribution in [-0.4, -0.2) is 15.7 Å². The van der Waals surface area contributed by atoms with Crippen molar-refractivity contribution in [2.45, 2.75) is 24.7 Å². The molecule has 0 fully saturated rings. The monoisotopic (exact) mass is 360 g/mol. The zero-order valence-electron chi connectivity index (χ0n) is 11.6. The van der Waals surface area contributed by atoms with Gasteiger partial charge in [-0.2, -0.15) is 0 Å². The van der Waals surface area contributed by atoms with E-state index in [1.807, 2.05) is 12.1 Å². The zero-order valence-corrected chi connectivity index (χ0v) is 14.7. The van der Waals surface area contributed by atoms with Crippen LogP contribution in [0.25, 0.3) is 0 Å². The first kappa shape index (κ1) is 16.7. The Kier molecular flexibility index (Phi) is 5.60. The first-order valence-corrected chi connectivity index (χ1v) is 9.24. The molecule has 0 bridgehead atoms. The van der Waals surface area contributed by atoms with Gasteiger partial charge in [-0.1, -0.05) is 49.2 Å². The highest BCUT2D eigenvalue weighted by Gasteiger charge is 2.17. The molecular weight excluding hydrogens is 347 g/mol. The van der Waals surface area contributed by atoms with Gasteiger partial charge in [0.1, 0.15) is 4.34 Å². The molecule has 0 amide bonds. The average molecular weight is 361 g/mol. The first-order valence-electron chi connectivity index (χ1n) is 6.35. The van der Waals surface area contributed by atoms with Crippen LogP contribution in [-0.2, 0) is 10.8 Å². The van der Waals surface area contributed by atoms with Gasteiger partial charge >= 0.3 is 0 Å². The van der Waals surface area contributed by atoms with Gasteiger partial charge in [-0.15, -0.1) is 11.3 Å². The Hall–Kier alpha value is -0.680. The summed E-state index contributed by atoms with van der Waals surface area (Å²) in [5.41, 5.74) is 1.52. The van der Waals surface area contributed by atoms with Crippen molar-refractivity contribution in [2.24, 2.45) is 0 Å². The van der Waals surface area contributed by atoms with Crippen LogP contribution in [0.3, 0.4) is 0 Å². The fourth-order valence-corrected chi connectivity index (χ4v) is 4.31. The highest BCUT2D eigenvalue weighted by Crippen LogP contribution is 2.31. The standard InChI is InChI=1S/C15H14Cl2O2S2/c1-9(2)10-3-5-11(6-4-10)21(19)8-13(18)12-7-14(16)20-15(12)17/h3-7,9H,8H2,1-2H3. The predicted molar refractivity (Wildman–Crippen MR) is 90.5 cm³/mol. The van der Waals surface area contributed by atoms with Gasteiger partial charge in [0.15, 0.2) is 5.78 Å². The van der Waals surface area contributed by atoms with E-state index in [0.29, 0.717) is 25.0 Å². The number of Topliss-reactive ketones (excluding diaryl/α,β-unsaturated/α-hetero) is 1. The number of ketones is 1. The summed E-state index contributed by atoms with van der Waals surface area (Å²) in [6.45, 7) is 4.19. The van der Waals surface area contributed by atoms with Crippen molar-refractivity contribution in [1.82, 2.24) is 0 Å². The van der Waals surface area contributed by atoms with Crippen molar-refractivity contribution in [3.05, 3.63) is 50.1 Å². The van der Waals surface area contributed by atoms with Gasteiger partial charge in [-0.3, -0.25) is 9.00 Å². The highest BCUT2D eigenvalue weighted by atomic mass is 35.5. The van der Waals surface area contributed by atoms with Crippen LogP contribution in [0.4, 0.5) is 0 Å². The van der Waals surface area contributed by atoms with E-state index in [-0.39, 0.29) is 11.5 Å². The minimum Gasteiger partial charge on any atom is -0.293 e. The first-order chi connectivity index (χ1) is 9.88. The number of thiophene rings is 1. The Morgan fingerprint density at radius 2 is 1.86 bits per heavy atom. The molecule has 0 aliphatic carbocycles. The molecule has 0 N–H and O–H groups in total. The second-order valence-corrected chi connectivity index (χ2v) is 8.61. The number of hydrogen-bond donors (Lipinski definition) is 0. The van der Waals surface area contributed by atoms with Crippen LogP contribution in [0.15, 0.2) is 35.2 Å². The molecule has 0 saturated carbocycles. The molecule has 112 valence electrons. The van der Waals surface area contributed by atoms with Crippen molar-refractivity contribution >= 4 is 51.1 Å². The molecule has 2 nitrogen and oxygen atoms in total. The Balaban J connectivity index is 2.10. The van der Waals surface area contributed by atoms with Crippen LogP contribution in [0.1, 0.15) is 35.7 Å². The number of carbonyl (C=O) groups is 1. The Morgan fingerprint density at radius 3 is 2.33 bits per heavy atom. The largest absolute Gasteiger partial charge is 0.293 e. The third kappa shape index (κ3) is 4.16. The van der Waals surface area contributed by atoms with E-state index >= 15 is 0 Å². The van der Waals surface area contributed by atoms with Crippen LogP contribution >= 0.6 is 34.5 Å². The minimum atomic E-state index is -1.38. The summed E-state index contributed by atoms with van der Waals surface area (Å²) in [6, 6.07) is 9.02. The smallest absolute Gasteiger partial charge is 0.178 e. The van der Waals surface area contributed by atoms with Crippen LogP contribution < -0.4 is 0 Å². The minimum absolute atomic E-state index is 0.0895. The molecule has 1 heterocycles. The number of benzene rings is 1. The molecule has 1 aromatic carbocycles. The number of hydrogen-bond acceptors (Lipinski definition) is 3. The van der Waals surface area contributed by atoms with Gasteiger partial charge < -0.3 is 0 Å². The van der Waals surface area contributed by atoms with E-state index in [1.165, 1.54) is 11.6 Å². The van der Waals surface area contributed by atoms with Gasteiger partial charge in [0, 0.05) is 10.5 Å². The molecule has 0 aliphatic rings. The Morgan fingerprint density at radius 1 is 1.24 bits per heavy atom. The predicted octanol–water partition coefficient (Wildman–Crippen LogP) is 5.17. The molecule has 0 radical (unpaired) electrons. The van der Waals surface area contributed by atoms with E-state index in [2.05, 4.69) is 13.8 Å². The molecule has 0 aliphatic heterocycles. The lowest BCUT2D eigenvalue weighted by Crippen LogP contribution is -2.10. The highest BCUT2D eigenvalue weighted by molar-refractivity contribution is 7.85. The maximum atomic E-state index is 12.2. The van der Waals surface area contributed by atoms with Crippen LogP contribution in [0.2, 0.25) is 8.67 Å². The average Bonchev–Trinajstić information content (AvgIpc) is 2.77. The molecule has 0 spiro atoms. The quantitative estimate of drug-likeness (QED) is 0.689. The maximum absolute atomic E-state index is 12.2. The van der Waals surface area contributed by atoms with E-state index in [0.717, 1.165) is 11.3 Å². The van der Waals surface area contributed by atoms with E-state index in [1.54, 1.807) is 12.1 Å². The summed E-state index contributed by atoms with van der Waals surface area (Å²) in [6.07, 6.45) is 0. The van der Waals surface area contributed by atoms with E-state index in [9.17, 15) is 9.00 Å². The van der Waals surface area contributed by atoms with Crippen LogP contribution in [0, 0.1) is 0 Å². The van der Waals surface area contributed by atoms with Gasteiger partial charge in [0.25, 0.3) is 0 Å². The molecule has 1 atom stereocenters. The summed E-state index contributed by atoms with van der Waals surface area (Å²) in [7, 11) is -1.38. The molecule has 2 rings (SSSR count). The molecule has 2 aromatic rings. The lowest BCUT2D eigenvalue weighted by atomic mass is 10.0. The topological polar surface area (TPSA) is 34.1 Å². The normalized spacial score (nSPS) is 12.6. The lowest BCUT2D eigenvalue weighted by molar-refractivity contribution is 0.102. The van der Waals surface area contributed by atoms with Gasteiger partial charge in [-0.05, 0) is 29.7 Å². The summed E-state index contributed by atoms with van der Waals surface area (Å²) in [4.78, 5) is 12.8. The fourth-order valence-electron chi connectivity index (χ4n) is 1.82. The van der Waals surface area contributed by atoms with E-state index in [4.69, 9.17) is 23.2 Å². The van der Waals surface area contributed by atoms with Gasteiger partial charge in [-0.25, -0.2) is 0 Å². The molecule has 21 heavy (non-hydrogen) atoms. The lowest BCUT2D eigenvalue weighted by Gasteiger charge is -2.06. The second kappa shape index (κ2) is 7.05. The third-order valence-electron chi connectivity index (χ3n) is 3.03. The molecule has 1 aromatic heterocycles. The van der Waals surface area contributed by atoms with Crippen LogP contribution in [0.5, 0.6) is 0 Å². The van der Waals surface area contributed by atoms with Crippen molar-refractivity contribution in [1.29, 1.82) is 0 Å². The summed E-state index contributed by atoms with van der Waals surface area (Å²) in [5, 5.41) is 0. The zero-order chi connectivity index (χ0) is 15.6. The number of halogens is 2. The second-order valence-electron chi connectivity index (χ2n) is 4.87. The summed E-state index contributed by atoms with van der Waals surface area (Å²) >= 11 is 12.9. The molecular formula is C15H14Cl2O2S2. The van der Waals surface area contributed by atoms with Gasteiger partial charge in [0.05, 0.1) is 20.9 Å². The third-order valence-corrected chi connectivity index (χ3v) is 5.84. The molecule has 6 heteroatoms. The molecule has 0 saturated heterocycles. The van der Waals surface area contributed by atoms with Crippen molar-refractivity contribution in [3.63, 3.8) is 0 Å². The van der Waals surface area contributed by atoms with Gasteiger partial charge in [0.2, 0.25) is 0 Å².